The van der Waals surface area contributed by atoms with E-state index in [1.54, 1.807) is 7.05 Å². The minimum atomic E-state index is -0.178. The van der Waals surface area contributed by atoms with Gasteiger partial charge in [-0.15, -0.1) is 0 Å². The molecule has 1 aromatic carbocycles. The molecule has 2 rings (SSSR count). The number of hydrogen-bond donors (Lipinski definition) is 3. The number of urea groups is 1. The number of anilines is 1. The highest BCUT2D eigenvalue weighted by Crippen LogP contribution is 2.23. The normalized spacial score (nSPS) is 12.9. The lowest BCUT2D eigenvalue weighted by Crippen LogP contribution is -2.33. The van der Waals surface area contributed by atoms with Crippen molar-refractivity contribution in [2.45, 2.75) is 12.8 Å². The lowest BCUT2D eigenvalue weighted by atomic mass is 10.1. The van der Waals surface area contributed by atoms with E-state index in [-0.39, 0.29) is 11.9 Å². The van der Waals surface area contributed by atoms with Crippen LogP contribution < -0.4 is 16.0 Å². The molecule has 5 nitrogen and oxygen atoms in total. The maximum Gasteiger partial charge on any atom is 0.314 e. The van der Waals surface area contributed by atoms with E-state index in [0.29, 0.717) is 13.0 Å². The summed E-state index contributed by atoms with van der Waals surface area (Å²) in [5.74, 6) is 0.0423. The summed E-state index contributed by atoms with van der Waals surface area (Å²) in [6.07, 6.45) is 1.21. The first-order valence-corrected chi connectivity index (χ1v) is 5.56. The molecule has 3 N–H and O–H groups in total. The van der Waals surface area contributed by atoms with Crippen molar-refractivity contribution in [1.82, 2.24) is 10.6 Å². The second-order valence-corrected chi connectivity index (χ2v) is 3.97. The van der Waals surface area contributed by atoms with Crippen LogP contribution in [0.4, 0.5) is 10.5 Å². The molecule has 3 amide bonds. The fourth-order valence-corrected chi connectivity index (χ4v) is 1.85. The second kappa shape index (κ2) is 4.86. The van der Waals surface area contributed by atoms with Crippen LogP contribution in [0.1, 0.15) is 11.1 Å². The van der Waals surface area contributed by atoms with Crippen molar-refractivity contribution >= 4 is 17.6 Å². The van der Waals surface area contributed by atoms with Crippen LogP contribution in [0, 0.1) is 0 Å². The van der Waals surface area contributed by atoms with E-state index in [2.05, 4.69) is 16.0 Å². The molecule has 0 aromatic heterocycles. The number of benzene rings is 1. The topological polar surface area (TPSA) is 70.2 Å². The van der Waals surface area contributed by atoms with Gasteiger partial charge >= 0.3 is 6.03 Å². The van der Waals surface area contributed by atoms with E-state index in [1.807, 2.05) is 18.2 Å². The van der Waals surface area contributed by atoms with Crippen molar-refractivity contribution in [1.29, 1.82) is 0 Å². The van der Waals surface area contributed by atoms with Gasteiger partial charge in [0.2, 0.25) is 5.91 Å². The molecule has 1 heterocycles. The van der Waals surface area contributed by atoms with E-state index in [1.165, 1.54) is 0 Å². The Morgan fingerprint density at radius 2 is 2.29 bits per heavy atom. The molecular weight excluding hydrogens is 218 g/mol. The van der Waals surface area contributed by atoms with Gasteiger partial charge in [0, 0.05) is 19.3 Å². The first-order valence-electron chi connectivity index (χ1n) is 5.56. The largest absolute Gasteiger partial charge is 0.341 e. The van der Waals surface area contributed by atoms with Crippen molar-refractivity contribution in [3.63, 3.8) is 0 Å². The predicted octanol–water partition coefficient (Wildman–Crippen LogP) is 0.653. The average molecular weight is 233 g/mol. The molecule has 1 aliphatic rings. The Labute approximate surface area is 99.6 Å². The zero-order valence-corrected chi connectivity index (χ0v) is 9.67. The van der Waals surface area contributed by atoms with Gasteiger partial charge in [0.05, 0.1) is 6.42 Å². The number of fused-ring (bicyclic) bond motifs is 1. The van der Waals surface area contributed by atoms with Crippen molar-refractivity contribution in [2.24, 2.45) is 0 Å². The third-order valence-electron chi connectivity index (χ3n) is 2.72. The van der Waals surface area contributed by atoms with Gasteiger partial charge in [-0.25, -0.2) is 4.79 Å². The summed E-state index contributed by atoms with van der Waals surface area (Å²) in [6, 6.07) is 5.72. The molecule has 90 valence electrons. The molecule has 17 heavy (non-hydrogen) atoms. The van der Waals surface area contributed by atoms with Crippen LogP contribution in [0.25, 0.3) is 0 Å². The van der Waals surface area contributed by atoms with Gasteiger partial charge in [0.25, 0.3) is 0 Å². The fraction of sp³-hybridized carbons (Fsp3) is 0.333. The molecule has 0 radical (unpaired) electrons. The highest BCUT2D eigenvalue weighted by Gasteiger charge is 2.17. The molecule has 0 bridgehead atoms. The molecule has 5 heteroatoms. The number of carbonyl (C=O) groups is 2. The van der Waals surface area contributed by atoms with Crippen LogP contribution in [0.2, 0.25) is 0 Å². The van der Waals surface area contributed by atoms with Crippen LogP contribution in [-0.2, 0) is 17.6 Å². The number of rotatable bonds is 3. The Kier molecular flexibility index (Phi) is 3.27. The third kappa shape index (κ3) is 2.75. The Hall–Kier alpha value is -2.04. The van der Waals surface area contributed by atoms with Gasteiger partial charge in [0.15, 0.2) is 0 Å². The van der Waals surface area contributed by atoms with Crippen LogP contribution in [0.5, 0.6) is 0 Å². The van der Waals surface area contributed by atoms with Crippen LogP contribution in [0.15, 0.2) is 18.2 Å². The number of amides is 3. The fourth-order valence-electron chi connectivity index (χ4n) is 1.85. The summed E-state index contributed by atoms with van der Waals surface area (Å²) >= 11 is 0. The molecule has 0 spiro atoms. The van der Waals surface area contributed by atoms with Crippen molar-refractivity contribution in [3.05, 3.63) is 29.3 Å². The number of hydrogen-bond acceptors (Lipinski definition) is 2. The predicted molar refractivity (Wildman–Crippen MR) is 64.9 cm³/mol. The summed E-state index contributed by atoms with van der Waals surface area (Å²) in [5, 5.41) is 8.01. The van der Waals surface area contributed by atoms with E-state index < -0.39 is 0 Å². The van der Waals surface area contributed by atoms with E-state index in [0.717, 1.165) is 23.2 Å². The standard InChI is InChI=1S/C12H15N3O2/c1-13-12(17)14-5-4-8-2-3-10-9(6-8)7-11(16)15-10/h2-3,6H,4-5,7H2,1H3,(H,15,16)(H2,13,14,17). The minimum Gasteiger partial charge on any atom is -0.341 e. The lowest BCUT2D eigenvalue weighted by molar-refractivity contribution is -0.115. The number of carbonyl (C=O) groups excluding carboxylic acids is 2. The average Bonchev–Trinajstić information content (AvgIpc) is 2.68. The quantitative estimate of drug-likeness (QED) is 0.717. The SMILES string of the molecule is CNC(=O)NCCc1ccc2c(c1)CC(=O)N2. The van der Waals surface area contributed by atoms with E-state index in [9.17, 15) is 9.59 Å². The van der Waals surface area contributed by atoms with Gasteiger partial charge in [-0.2, -0.15) is 0 Å². The molecule has 0 unspecified atom stereocenters. The van der Waals surface area contributed by atoms with Gasteiger partial charge in [-0.1, -0.05) is 12.1 Å². The Bertz CT molecular complexity index is 457. The van der Waals surface area contributed by atoms with Gasteiger partial charge in [-0.3, -0.25) is 4.79 Å². The smallest absolute Gasteiger partial charge is 0.314 e. The zero-order valence-electron chi connectivity index (χ0n) is 9.67. The van der Waals surface area contributed by atoms with Crippen molar-refractivity contribution in [3.8, 4) is 0 Å². The molecule has 0 atom stereocenters. The lowest BCUT2D eigenvalue weighted by Gasteiger charge is -2.06. The molecule has 0 fully saturated rings. The Morgan fingerprint density at radius 3 is 3.06 bits per heavy atom. The first kappa shape index (κ1) is 11.4. The Balaban J connectivity index is 1.93. The van der Waals surface area contributed by atoms with Gasteiger partial charge in [-0.05, 0) is 23.6 Å². The van der Waals surface area contributed by atoms with Crippen LogP contribution >= 0.6 is 0 Å². The van der Waals surface area contributed by atoms with E-state index >= 15 is 0 Å². The summed E-state index contributed by atoms with van der Waals surface area (Å²) in [6.45, 7) is 0.583. The number of nitrogens with one attached hydrogen (secondary N) is 3. The van der Waals surface area contributed by atoms with Crippen molar-refractivity contribution in [2.75, 3.05) is 18.9 Å². The first-order chi connectivity index (χ1) is 8.19. The van der Waals surface area contributed by atoms with E-state index in [4.69, 9.17) is 0 Å². The van der Waals surface area contributed by atoms with Crippen LogP contribution in [0.3, 0.4) is 0 Å². The molecule has 0 saturated carbocycles. The maximum atomic E-state index is 11.2. The van der Waals surface area contributed by atoms with Crippen LogP contribution in [-0.4, -0.2) is 25.5 Å². The molecule has 1 aliphatic heterocycles. The summed E-state index contributed by atoms with van der Waals surface area (Å²) in [7, 11) is 1.59. The maximum absolute atomic E-state index is 11.2. The minimum absolute atomic E-state index is 0.0423. The second-order valence-electron chi connectivity index (χ2n) is 3.97. The molecular formula is C12H15N3O2. The summed E-state index contributed by atoms with van der Waals surface area (Å²) < 4.78 is 0. The third-order valence-corrected chi connectivity index (χ3v) is 2.72. The molecule has 0 saturated heterocycles. The zero-order chi connectivity index (χ0) is 12.3. The highest BCUT2D eigenvalue weighted by molar-refractivity contribution is 5.99. The summed E-state index contributed by atoms with van der Waals surface area (Å²) in [4.78, 5) is 22.1. The van der Waals surface area contributed by atoms with Gasteiger partial charge < -0.3 is 16.0 Å². The van der Waals surface area contributed by atoms with Gasteiger partial charge in [0.1, 0.15) is 0 Å². The molecule has 1 aromatic rings. The summed E-state index contributed by atoms with van der Waals surface area (Å²) in [5.41, 5.74) is 3.06. The monoisotopic (exact) mass is 233 g/mol. The highest BCUT2D eigenvalue weighted by atomic mass is 16.2. The Morgan fingerprint density at radius 1 is 1.47 bits per heavy atom. The van der Waals surface area contributed by atoms with Crippen molar-refractivity contribution < 1.29 is 9.59 Å². The molecule has 0 aliphatic carbocycles.